The van der Waals surface area contributed by atoms with Crippen molar-refractivity contribution in [2.45, 2.75) is 57.2 Å². The van der Waals surface area contributed by atoms with Gasteiger partial charge in [0, 0.05) is 25.2 Å². The van der Waals surface area contributed by atoms with E-state index in [2.05, 4.69) is 28.4 Å². The summed E-state index contributed by atoms with van der Waals surface area (Å²) in [7, 11) is 0. The molecule has 1 N–H and O–H groups in total. The van der Waals surface area contributed by atoms with Crippen molar-refractivity contribution in [1.29, 1.82) is 0 Å². The summed E-state index contributed by atoms with van der Waals surface area (Å²) in [5.41, 5.74) is 2.70. The zero-order valence-corrected chi connectivity index (χ0v) is 12.7. The molecule has 3 fully saturated rings. The van der Waals surface area contributed by atoms with E-state index in [0.717, 1.165) is 29.6 Å². The monoisotopic (exact) mass is 290 g/mol. The summed E-state index contributed by atoms with van der Waals surface area (Å²) in [5, 5.41) is 4.58. The van der Waals surface area contributed by atoms with Crippen molar-refractivity contribution >= 4 is 17.3 Å². The average Bonchev–Trinajstić information content (AvgIpc) is 3.25. The summed E-state index contributed by atoms with van der Waals surface area (Å²) in [5.74, 6) is 0.913. The van der Waals surface area contributed by atoms with Crippen LogP contribution in [0.1, 0.15) is 44.1 Å². The van der Waals surface area contributed by atoms with E-state index in [0.29, 0.717) is 0 Å². The molecule has 0 bridgehead atoms. The number of para-hydroxylation sites is 1. The third-order valence-electron chi connectivity index (χ3n) is 4.66. The molecule has 1 aromatic carbocycles. The summed E-state index contributed by atoms with van der Waals surface area (Å²) < 4.78 is 0. The van der Waals surface area contributed by atoms with E-state index >= 15 is 0 Å². The van der Waals surface area contributed by atoms with Gasteiger partial charge in [-0.15, -0.1) is 0 Å². The SMILES string of the molecule is Clc1cccc(CNC2CC2)c1N(CC1CC1)C1CC1. The highest BCUT2D eigenvalue weighted by atomic mass is 35.5. The first-order chi connectivity index (χ1) is 9.81. The van der Waals surface area contributed by atoms with E-state index in [4.69, 9.17) is 11.6 Å². The number of rotatable bonds is 7. The van der Waals surface area contributed by atoms with Crippen LogP contribution in [0.2, 0.25) is 5.02 Å². The van der Waals surface area contributed by atoms with E-state index in [-0.39, 0.29) is 0 Å². The fraction of sp³-hybridized carbons (Fsp3) is 0.647. The van der Waals surface area contributed by atoms with Crippen molar-refractivity contribution in [1.82, 2.24) is 5.32 Å². The van der Waals surface area contributed by atoms with Crippen LogP contribution in [0, 0.1) is 5.92 Å². The lowest BCUT2D eigenvalue weighted by atomic mass is 10.1. The van der Waals surface area contributed by atoms with Crippen LogP contribution >= 0.6 is 11.6 Å². The molecule has 3 aliphatic carbocycles. The normalized spacial score (nSPS) is 22.1. The fourth-order valence-electron chi connectivity index (χ4n) is 2.95. The van der Waals surface area contributed by atoms with Gasteiger partial charge in [0.2, 0.25) is 0 Å². The first-order valence-electron chi connectivity index (χ1n) is 8.08. The van der Waals surface area contributed by atoms with Crippen LogP contribution < -0.4 is 10.2 Å². The van der Waals surface area contributed by atoms with Crippen molar-refractivity contribution in [2.75, 3.05) is 11.4 Å². The van der Waals surface area contributed by atoms with Gasteiger partial charge in [-0.1, -0.05) is 23.7 Å². The topological polar surface area (TPSA) is 15.3 Å². The number of hydrogen-bond donors (Lipinski definition) is 1. The third kappa shape index (κ3) is 2.96. The maximum absolute atomic E-state index is 6.56. The van der Waals surface area contributed by atoms with Gasteiger partial charge in [-0.2, -0.15) is 0 Å². The second-order valence-electron chi connectivity index (χ2n) is 6.73. The minimum atomic E-state index is 0.746. The summed E-state index contributed by atoms with van der Waals surface area (Å²) in [6.45, 7) is 2.18. The van der Waals surface area contributed by atoms with Crippen LogP contribution in [0.15, 0.2) is 18.2 Å². The summed E-state index contributed by atoms with van der Waals surface area (Å²) in [4.78, 5) is 2.61. The third-order valence-corrected chi connectivity index (χ3v) is 4.96. The Hall–Kier alpha value is -0.730. The first-order valence-corrected chi connectivity index (χ1v) is 8.46. The maximum atomic E-state index is 6.56. The Morgan fingerprint density at radius 3 is 2.55 bits per heavy atom. The van der Waals surface area contributed by atoms with Crippen LogP contribution in [0.25, 0.3) is 0 Å². The van der Waals surface area contributed by atoms with Crippen LogP contribution in [0.4, 0.5) is 5.69 Å². The van der Waals surface area contributed by atoms with Gasteiger partial charge in [0.05, 0.1) is 10.7 Å². The highest BCUT2D eigenvalue weighted by Crippen LogP contribution is 2.41. The molecule has 0 unspecified atom stereocenters. The largest absolute Gasteiger partial charge is 0.367 e. The van der Waals surface area contributed by atoms with Crippen molar-refractivity contribution in [2.24, 2.45) is 5.92 Å². The van der Waals surface area contributed by atoms with Gasteiger partial charge in [0.15, 0.2) is 0 Å². The quantitative estimate of drug-likeness (QED) is 0.817. The highest BCUT2D eigenvalue weighted by Gasteiger charge is 2.35. The number of anilines is 1. The Morgan fingerprint density at radius 2 is 1.90 bits per heavy atom. The zero-order chi connectivity index (χ0) is 13.5. The summed E-state index contributed by atoms with van der Waals surface area (Å²) >= 11 is 6.56. The Balaban J connectivity index is 1.58. The van der Waals surface area contributed by atoms with Gasteiger partial charge >= 0.3 is 0 Å². The van der Waals surface area contributed by atoms with Crippen molar-refractivity contribution in [3.05, 3.63) is 28.8 Å². The van der Waals surface area contributed by atoms with E-state index in [1.54, 1.807) is 0 Å². The van der Waals surface area contributed by atoms with Gasteiger partial charge < -0.3 is 10.2 Å². The molecule has 3 heteroatoms. The van der Waals surface area contributed by atoms with Gasteiger partial charge in [-0.05, 0) is 56.1 Å². The predicted octanol–water partition coefficient (Wildman–Crippen LogP) is 3.97. The molecule has 2 nitrogen and oxygen atoms in total. The molecule has 0 spiro atoms. The number of nitrogens with zero attached hydrogens (tertiary/aromatic N) is 1. The Kier molecular flexibility index (Phi) is 3.39. The molecule has 0 atom stereocenters. The zero-order valence-electron chi connectivity index (χ0n) is 11.9. The van der Waals surface area contributed by atoms with E-state index in [1.165, 1.54) is 56.3 Å². The maximum Gasteiger partial charge on any atom is 0.0643 e. The highest BCUT2D eigenvalue weighted by molar-refractivity contribution is 6.33. The van der Waals surface area contributed by atoms with Gasteiger partial charge in [0.1, 0.15) is 0 Å². The summed E-state index contributed by atoms with van der Waals surface area (Å²) in [6, 6.07) is 7.89. The lowest BCUT2D eigenvalue weighted by Crippen LogP contribution is -2.30. The molecule has 3 aliphatic rings. The number of benzene rings is 1. The van der Waals surface area contributed by atoms with Crippen LogP contribution in [-0.4, -0.2) is 18.6 Å². The second kappa shape index (κ2) is 5.23. The van der Waals surface area contributed by atoms with Gasteiger partial charge in [-0.25, -0.2) is 0 Å². The van der Waals surface area contributed by atoms with E-state index in [9.17, 15) is 0 Å². The molecule has 0 heterocycles. The Bertz CT molecular complexity index is 490. The minimum Gasteiger partial charge on any atom is -0.367 e. The smallest absolute Gasteiger partial charge is 0.0643 e. The van der Waals surface area contributed by atoms with E-state index in [1.807, 2.05) is 0 Å². The van der Waals surface area contributed by atoms with Crippen LogP contribution in [-0.2, 0) is 6.54 Å². The lowest BCUT2D eigenvalue weighted by molar-refractivity contribution is 0.673. The van der Waals surface area contributed by atoms with Crippen LogP contribution in [0.3, 0.4) is 0 Å². The molecule has 0 radical (unpaired) electrons. The Morgan fingerprint density at radius 1 is 1.10 bits per heavy atom. The fourth-order valence-corrected chi connectivity index (χ4v) is 3.26. The average molecular weight is 291 g/mol. The molecule has 0 aliphatic heterocycles. The molecular weight excluding hydrogens is 268 g/mol. The molecule has 0 saturated heterocycles. The molecule has 1 aromatic rings. The summed E-state index contributed by atoms with van der Waals surface area (Å²) in [6.07, 6.45) is 8.17. The van der Waals surface area contributed by atoms with Gasteiger partial charge in [0.25, 0.3) is 0 Å². The lowest BCUT2D eigenvalue weighted by Gasteiger charge is -2.28. The molecule has 3 saturated carbocycles. The molecule has 4 rings (SSSR count). The molecule has 20 heavy (non-hydrogen) atoms. The number of halogens is 1. The van der Waals surface area contributed by atoms with Crippen molar-refractivity contribution in [3.8, 4) is 0 Å². The molecule has 108 valence electrons. The molecule has 0 amide bonds. The second-order valence-corrected chi connectivity index (χ2v) is 7.14. The standard InChI is InChI=1S/C17H23ClN2/c18-16-3-1-2-13(10-19-14-6-7-14)17(16)20(15-8-9-15)11-12-4-5-12/h1-3,12,14-15,19H,4-11H2. The van der Waals surface area contributed by atoms with E-state index < -0.39 is 0 Å². The van der Waals surface area contributed by atoms with Crippen molar-refractivity contribution < 1.29 is 0 Å². The Labute approximate surface area is 126 Å². The molecule has 0 aromatic heterocycles. The van der Waals surface area contributed by atoms with Gasteiger partial charge in [-0.3, -0.25) is 0 Å². The number of hydrogen-bond acceptors (Lipinski definition) is 2. The van der Waals surface area contributed by atoms with Crippen LogP contribution in [0.5, 0.6) is 0 Å². The molecular formula is C17H23ClN2. The number of nitrogens with one attached hydrogen (secondary N) is 1. The van der Waals surface area contributed by atoms with Crippen molar-refractivity contribution in [3.63, 3.8) is 0 Å². The first kappa shape index (κ1) is 13.0. The predicted molar refractivity (Wildman–Crippen MR) is 84.4 cm³/mol. The minimum absolute atomic E-state index is 0.746.